The Morgan fingerprint density at radius 2 is 1.43 bits per heavy atom. The first-order chi connectivity index (χ1) is 34.3. The Morgan fingerprint density at radius 3 is 2.10 bits per heavy atom. The number of aliphatic hydroxyl groups is 7. The van der Waals surface area contributed by atoms with Crippen molar-refractivity contribution in [2.45, 2.75) is 104 Å². The number of primary amides is 1. The van der Waals surface area contributed by atoms with Crippen LogP contribution >= 0.6 is 21.6 Å². The minimum atomic E-state index is -2.05. The molecule has 7 amide bonds. The van der Waals surface area contributed by atoms with Gasteiger partial charge in [-0.25, -0.2) is 0 Å². The Labute approximate surface area is 418 Å². The summed E-state index contributed by atoms with van der Waals surface area (Å²) in [7, 11) is 1.96. The second kappa shape index (κ2) is 27.7. The average Bonchev–Trinajstić information content (AvgIpc) is 3.36. The molecule has 0 unspecified atom stereocenters. The molecule has 0 aromatic heterocycles. The van der Waals surface area contributed by atoms with Crippen LogP contribution in [0, 0.1) is 0 Å². The predicted molar refractivity (Wildman–Crippen MR) is 250 cm³/mol. The van der Waals surface area contributed by atoms with Crippen LogP contribution in [-0.2, 0) is 65.4 Å². The molecule has 72 heavy (non-hydrogen) atoms. The molecule has 5 rings (SSSR count). The summed E-state index contributed by atoms with van der Waals surface area (Å²) in [4.78, 5) is 93.4. The highest BCUT2D eigenvalue weighted by atomic mass is 33.1. The molecule has 18 N–H and O–H groups in total. The predicted octanol–water partition coefficient (Wildman–Crippen LogP) is -7.80. The minimum absolute atomic E-state index is 0.00444. The third-order valence-electron chi connectivity index (χ3n) is 11.4. The molecule has 398 valence electrons. The van der Waals surface area contributed by atoms with Gasteiger partial charge in [-0.2, -0.15) is 0 Å². The van der Waals surface area contributed by atoms with Gasteiger partial charge in [0.25, 0.3) is 0 Å². The van der Waals surface area contributed by atoms with Crippen molar-refractivity contribution < 1.29 is 93.4 Å². The number of carbonyl (C=O) groups is 7. The lowest BCUT2D eigenvalue weighted by Gasteiger charge is -2.46. The zero-order valence-electron chi connectivity index (χ0n) is 38.3. The van der Waals surface area contributed by atoms with Crippen molar-refractivity contribution in [2.75, 3.05) is 44.4 Å². The van der Waals surface area contributed by atoms with Crippen molar-refractivity contribution in [3.05, 3.63) is 65.7 Å². The number of carbonyl (C=O) groups excluding carboxylic acids is 7. The van der Waals surface area contributed by atoms with Crippen LogP contribution in [0.1, 0.15) is 11.1 Å². The van der Waals surface area contributed by atoms with Crippen LogP contribution in [0.5, 0.6) is 5.75 Å². The number of nitrogens with one attached hydrogen (secondary N) is 6. The summed E-state index contributed by atoms with van der Waals surface area (Å²) < 4.78 is 22.2. The Hall–Kier alpha value is -5.25. The minimum Gasteiger partial charge on any atom is -0.508 e. The van der Waals surface area contributed by atoms with Crippen molar-refractivity contribution >= 4 is 62.9 Å². The molecule has 0 radical (unpaired) electrons. The van der Waals surface area contributed by atoms with Crippen LogP contribution in [0.4, 0.5) is 0 Å². The van der Waals surface area contributed by atoms with E-state index in [1.165, 1.54) is 12.1 Å². The summed E-state index contributed by atoms with van der Waals surface area (Å²) in [5.41, 5.74) is 12.6. The van der Waals surface area contributed by atoms with Gasteiger partial charge < -0.3 is 103 Å². The van der Waals surface area contributed by atoms with E-state index < -0.39 is 166 Å². The number of amides is 7. The highest BCUT2D eigenvalue weighted by Crippen LogP contribution is 2.30. The van der Waals surface area contributed by atoms with Crippen molar-refractivity contribution in [2.24, 2.45) is 11.5 Å². The van der Waals surface area contributed by atoms with Crippen LogP contribution in [0.15, 0.2) is 54.6 Å². The van der Waals surface area contributed by atoms with Crippen LogP contribution in [0.3, 0.4) is 0 Å². The number of aromatic hydroxyl groups is 1. The van der Waals surface area contributed by atoms with E-state index in [2.05, 4.69) is 31.9 Å². The first kappa shape index (κ1) is 57.6. The molecule has 2 aromatic rings. The fourth-order valence-corrected chi connectivity index (χ4v) is 9.69. The summed E-state index contributed by atoms with van der Waals surface area (Å²) in [6, 6.07) is 7.38. The normalized spacial score (nSPS) is 30.5. The third kappa shape index (κ3) is 16.4. The Bertz CT molecular complexity index is 2150. The topological polar surface area (TPSA) is 442 Å². The fraction of sp³-hybridized carbons (Fsp3) is 0.558. The largest absolute Gasteiger partial charge is 0.508 e. The molecule has 2 aromatic carbocycles. The maximum absolute atomic E-state index is 14.2. The standard InChI is InChI=1S/C43H60N8O19S2/c44-22(10-20-6-8-21(54)9-7-20)37(62)50-25-17-71-72-18-26(51-40(65)23(11-19-4-2-1-3-5-19)48-30(56)13-47-39(25)64)41(66)49-24(38(63)46-12-29(45)55)16-67-42-35(61)33(59)36(28(15-53)69-42)70-43-34(60)32(58)31(57)27(14-52)68-43/h1-9,22-28,31-36,42-43,52-54,57-61H,10-18,44H2,(H2,45,55)(H,46,63)(H,47,64)(H,48,56)(H,49,66)(H,50,62)(H,51,65)/t22-,23-,24-,25+,26+,27+,28+,31+,32-,33+,34+,35+,36+,42+,43-/m0/s1. The summed E-state index contributed by atoms with van der Waals surface area (Å²) >= 11 is 0. The Kier molecular flexibility index (Phi) is 22.2. The molecule has 3 fully saturated rings. The summed E-state index contributed by atoms with van der Waals surface area (Å²) in [6.07, 6.45) is -18.1. The number of ether oxygens (including phenoxy) is 4. The van der Waals surface area contributed by atoms with Crippen LogP contribution in [0.25, 0.3) is 0 Å². The number of phenolic OH excluding ortho intramolecular Hbond substituents is 1. The molecule has 0 spiro atoms. The summed E-state index contributed by atoms with van der Waals surface area (Å²) in [5.74, 6) is -6.69. The highest BCUT2D eigenvalue weighted by molar-refractivity contribution is 8.76. The van der Waals surface area contributed by atoms with E-state index in [9.17, 15) is 74.4 Å². The van der Waals surface area contributed by atoms with E-state index >= 15 is 0 Å². The van der Waals surface area contributed by atoms with Gasteiger partial charge in [0, 0.05) is 17.9 Å². The lowest BCUT2D eigenvalue weighted by molar-refractivity contribution is -0.359. The van der Waals surface area contributed by atoms with Gasteiger partial charge in [0.05, 0.1) is 39.0 Å². The number of rotatable bonds is 18. The monoisotopic (exact) mass is 1060 g/mol. The number of aliphatic hydroxyl groups excluding tert-OH is 7. The van der Waals surface area contributed by atoms with E-state index in [-0.39, 0.29) is 30.1 Å². The zero-order chi connectivity index (χ0) is 52.6. The molecule has 3 saturated heterocycles. The number of nitrogens with two attached hydrogens (primary N) is 2. The number of hydrogen-bond acceptors (Lipinski definition) is 22. The first-order valence-corrected chi connectivity index (χ1v) is 24.8. The maximum Gasteiger partial charge on any atom is 0.245 e. The molecule has 3 aliphatic rings. The molecule has 0 saturated carbocycles. The van der Waals surface area contributed by atoms with Gasteiger partial charge in [-0.05, 0) is 29.7 Å². The zero-order valence-corrected chi connectivity index (χ0v) is 39.9. The third-order valence-corrected chi connectivity index (χ3v) is 13.8. The summed E-state index contributed by atoms with van der Waals surface area (Å²) in [6.45, 7) is -3.99. The maximum atomic E-state index is 14.2. The van der Waals surface area contributed by atoms with E-state index in [4.69, 9.17) is 30.4 Å². The number of hydrogen-bond donors (Lipinski definition) is 16. The lowest BCUT2D eigenvalue weighted by atomic mass is 9.97. The second-order valence-electron chi connectivity index (χ2n) is 16.8. The summed E-state index contributed by atoms with van der Waals surface area (Å²) in [5, 5.41) is 97.1. The van der Waals surface area contributed by atoms with Crippen molar-refractivity contribution in [1.29, 1.82) is 0 Å². The molecule has 0 aliphatic carbocycles. The quantitative estimate of drug-likeness (QED) is 0.0617. The number of benzene rings is 2. The van der Waals surface area contributed by atoms with Gasteiger partial charge in [0.2, 0.25) is 41.4 Å². The van der Waals surface area contributed by atoms with Crippen molar-refractivity contribution in [3.8, 4) is 5.75 Å². The molecule has 29 heteroatoms. The van der Waals surface area contributed by atoms with Gasteiger partial charge in [-0.15, -0.1) is 0 Å². The second-order valence-corrected chi connectivity index (χ2v) is 19.3. The van der Waals surface area contributed by atoms with Gasteiger partial charge in [0.15, 0.2) is 12.6 Å². The molecular formula is C43H60N8O19S2. The molecule has 15 atom stereocenters. The van der Waals surface area contributed by atoms with E-state index in [0.717, 1.165) is 21.6 Å². The fourth-order valence-electron chi connectivity index (χ4n) is 7.36. The molecular weight excluding hydrogens is 997 g/mol. The van der Waals surface area contributed by atoms with Crippen molar-refractivity contribution in [3.63, 3.8) is 0 Å². The van der Waals surface area contributed by atoms with Gasteiger partial charge in [-0.1, -0.05) is 64.1 Å². The van der Waals surface area contributed by atoms with Crippen LogP contribution in [-0.4, -0.2) is 218 Å². The Balaban J connectivity index is 1.33. The first-order valence-electron chi connectivity index (χ1n) is 22.4. The van der Waals surface area contributed by atoms with Crippen molar-refractivity contribution in [1.82, 2.24) is 31.9 Å². The number of phenols is 1. The van der Waals surface area contributed by atoms with Gasteiger partial charge >= 0.3 is 0 Å². The molecule has 3 heterocycles. The van der Waals surface area contributed by atoms with Crippen LogP contribution < -0.4 is 43.4 Å². The highest BCUT2D eigenvalue weighted by Gasteiger charge is 2.51. The average molecular weight is 1060 g/mol. The van der Waals surface area contributed by atoms with E-state index in [0.29, 0.717) is 11.1 Å². The molecule has 3 aliphatic heterocycles. The lowest BCUT2D eigenvalue weighted by Crippen LogP contribution is -2.65. The Morgan fingerprint density at radius 1 is 0.778 bits per heavy atom. The molecule has 27 nitrogen and oxygen atoms in total. The van der Waals surface area contributed by atoms with E-state index in [1.54, 1.807) is 42.5 Å². The van der Waals surface area contributed by atoms with Gasteiger partial charge in [-0.3, -0.25) is 33.6 Å². The van der Waals surface area contributed by atoms with Crippen LogP contribution in [0.2, 0.25) is 0 Å². The smallest absolute Gasteiger partial charge is 0.245 e. The SMILES string of the molecule is NC(=O)CNC(=O)[C@H](CO[C@@H]1O[C@H](CO)[C@@H](O[C@@H]2O[C@H](CO)[C@@H](O)[C@H](O)[C@H]2O)[C@H](O)[C@H]1O)NC(=O)[C@H]1CSSC[C@@H](NC(=O)[C@@H](N)Cc2ccc(O)cc2)C(=O)NCC(=O)N[C@@H](Cc2ccccc2)C(=O)N1. The molecule has 0 bridgehead atoms. The van der Waals surface area contributed by atoms with Gasteiger partial charge in [0.1, 0.15) is 78.7 Å². The van der Waals surface area contributed by atoms with E-state index in [1.807, 2.05) is 0 Å².